The number of nitrogens with one attached hydrogen (secondary N) is 1. The molecular weight excluding hydrogens is 463 g/mol. The van der Waals surface area contributed by atoms with E-state index < -0.39 is 57.5 Å². The number of aliphatic hydroxyl groups is 1. The van der Waals surface area contributed by atoms with Crippen LogP contribution < -0.4 is 61.8 Å². The summed E-state index contributed by atoms with van der Waals surface area (Å²) in [5.74, 6) is -3.86. The first-order valence-electron chi connectivity index (χ1n) is 9.79. The molecule has 11 heteroatoms. The third kappa shape index (κ3) is 5.24. The van der Waals surface area contributed by atoms with Crippen LogP contribution in [-0.4, -0.2) is 61.6 Å². The Kier molecular flexibility index (Phi) is 8.63. The van der Waals surface area contributed by atoms with Gasteiger partial charge in [0, 0.05) is 4.75 Å². The number of carbonyl (C=O) groups is 4. The fourth-order valence-corrected chi connectivity index (χ4v) is 5.63. The monoisotopic (exact) mass is 488 g/mol. The van der Waals surface area contributed by atoms with Gasteiger partial charge in [-0.2, -0.15) is 0 Å². The Morgan fingerprint density at radius 2 is 1.88 bits per heavy atom. The van der Waals surface area contributed by atoms with Crippen LogP contribution in [0.1, 0.15) is 33.3 Å². The third-order valence-electron chi connectivity index (χ3n) is 5.56. The minimum atomic E-state index is -1.71. The zero-order valence-corrected chi connectivity index (χ0v) is 22.6. The van der Waals surface area contributed by atoms with Gasteiger partial charge in [-0.25, -0.2) is 4.79 Å². The average molecular weight is 489 g/mol. The summed E-state index contributed by atoms with van der Waals surface area (Å²) >= 11 is 1.20. The Balaban J connectivity index is 0.00000363. The minimum absolute atomic E-state index is 0. The molecule has 9 nitrogen and oxygen atoms in total. The SMILES string of the molecule is CC(C)(NC(=O)OCc1ccccc1)C(=O)[C@@H](O)[C@@H]1C(=O)N2[C@@H]1SC(C)(C)[C@@H]2C(=O)[O-].[K+]. The molecule has 2 fully saturated rings. The van der Waals surface area contributed by atoms with Gasteiger partial charge >= 0.3 is 57.5 Å². The van der Waals surface area contributed by atoms with Crippen molar-refractivity contribution in [2.75, 3.05) is 0 Å². The zero-order valence-electron chi connectivity index (χ0n) is 18.7. The fraction of sp³-hybridized carbons (Fsp3) is 0.524. The number of benzene rings is 1. The predicted octanol–water partition coefficient (Wildman–Crippen LogP) is -2.95. The number of β-lactam (4-membered cyclic amide) rings is 1. The largest absolute Gasteiger partial charge is 1.00 e. The van der Waals surface area contributed by atoms with Gasteiger partial charge in [-0.15, -0.1) is 11.8 Å². The number of hydrogen-bond acceptors (Lipinski definition) is 8. The molecule has 0 unspecified atom stereocenters. The zero-order chi connectivity index (χ0) is 23.1. The Bertz CT molecular complexity index is 909. The molecule has 32 heavy (non-hydrogen) atoms. The Morgan fingerprint density at radius 3 is 2.44 bits per heavy atom. The van der Waals surface area contributed by atoms with Crippen LogP contribution in [0.25, 0.3) is 0 Å². The van der Waals surface area contributed by atoms with E-state index in [4.69, 9.17) is 4.74 Å². The maximum Gasteiger partial charge on any atom is 1.00 e. The summed E-state index contributed by atoms with van der Waals surface area (Å²) in [4.78, 5) is 50.3. The van der Waals surface area contributed by atoms with Crippen molar-refractivity contribution >= 4 is 35.5 Å². The Hall–Kier alpha value is -0.954. The van der Waals surface area contributed by atoms with E-state index >= 15 is 0 Å². The standard InChI is InChI=1S/C21H26N2O7S.K/c1-20(2,22-19(29)30-10-11-8-6-5-7-9-11)15(25)13(24)12-16(26)23-14(18(27)28)21(3,4)31-17(12)23;/h5-9,12-14,17,24H,10H2,1-4H3,(H,22,29)(H,27,28);/q;+1/p-1/t12-,13+,14+,17-;/m1./s1. The Labute approximate surface area is 233 Å². The number of ether oxygens (including phenoxy) is 1. The molecule has 2 aliphatic rings. The van der Waals surface area contributed by atoms with Crippen molar-refractivity contribution in [2.24, 2.45) is 5.92 Å². The molecule has 0 radical (unpaired) electrons. The second-order valence-corrected chi connectivity index (χ2v) is 10.5. The number of aliphatic hydroxyl groups excluding tert-OH is 1. The van der Waals surface area contributed by atoms with Gasteiger partial charge in [0.05, 0.1) is 22.9 Å². The van der Waals surface area contributed by atoms with Crippen LogP contribution >= 0.6 is 11.8 Å². The second-order valence-electron chi connectivity index (χ2n) is 8.73. The summed E-state index contributed by atoms with van der Waals surface area (Å²) < 4.78 is 4.29. The maximum absolute atomic E-state index is 12.9. The smallest absolute Gasteiger partial charge is 0.548 e. The van der Waals surface area contributed by atoms with E-state index in [1.54, 1.807) is 38.1 Å². The van der Waals surface area contributed by atoms with E-state index in [2.05, 4.69) is 5.32 Å². The number of carboxylic acids is 1. The normalized spacial score (nSPS) is 24.5. The van der Waals surface area contributed by atoms with Crippen LogP contribution in [0.2, 0.25) is 0 Å². The molecule has 168 valence electrons. The van der Waals surface area contributed by atoms with Crippen molar-refractivity contribution in [1.82, 2.24) is 10.2 Å². The molecule has 3 rings (SSSR count). The van der Waals surface area contributed by atoms with Gasteiger partial charge in [-0.05, 0) is 33.3 Å². The number of hydrogen-bond donors (Lipinski definition) is 2. The molecule has 2 saturated heterocycles. The van der Waals surface area contributed by atoms with Crippen molar-refractivity contribution in [2.45, 2.75) is 62.1 Å². The number of fused-ring (bicyclic) bond motifs is 1. The van der Waals surface area contributed by atoms with E-state index in [1.807, 2.05) is 6.07 Å². The summed E-state index contributed by atoms with van der Waals surface area (Å²) in [7, 11) is 0. The van der Waals surface area contributed by atoms with Gasteiger partial charge in [-0.3, -0.25) is 9.59 Å². The van der Waals surface area contributed by atoms with Crippen molar-refractivity contribution in [3.05, 3.63) is 35.9 Å². The van der Waals surface area contributed by atoms with Crippen molar-refractivity contribution < 1.29 is 85.5 Å². The predicted molar refractivity (Wildman–Crippen MR) is 109 cm³/mol. The van der Waals surface area contributed by atoms with Gasteiger partial charge in [0.15, 0.2) is 5.78 Å². The Morgan fingerprint density at radius 1 is 1.28 bits per heavy atom. The number of rotatable bonds is 7. The van der Waals surface area contributed by atoms with Crippen LogP contribution in [0.4, 0.5) is 4.79 Å². The molecule has 1 aromatic carbocycles. The topological polar surface area (TPSA) is 136 Å². The van der Waals surface area contributed by atoms with E-state index in [-0.39, 0.29) is 58.0 Å². The second kappa shape index (κ2) is 10.1. The maximum atomic E-state index is 12.9. The van der Waals surface area contributed by atoms with Crippen LogP contribution in [0.15, 0.2) is 30.3 Å². The van der Waals surface area contributed by atoms with Gasteiger partial charge in [0.25, 0.3) is 0 Å². The van der Waals surface area contributed by atoms with Gasteiger partial charge in [0.1, 0.15) is 18.6 Å². The number of carbonyl (C=O) groups excluding carboxylic acids is 4. The number of amides is 2. The molecule has 2 aliphatic heterocycles. The molecule has 2 amide bonds. The first-order chi connectivity index (χ1) is 14.4. The molecule has 1 aromatic rings. The summed E-state index contributed by atoms with van der Waals surface area (Å²) in [5, 5.41) is 23.9. The van der Waals surface area contributed by atoms with Crippen LogP contribution in [0, 0.1) is 5.92 Å². The summed E-state index contributed by atoms with van der Waals surface area (Å²) in [6.45, 7) is 6.15. The molecule has 0 bridgehead atoms. The van der Waals surface area contributed by atoms with Crippen molar-refractivity contribution in [1.29, 1.82) is 0 Å². The first kappa shape index (κ1) is 27.3. The molecule has 2 heterocycles. The van der Waals surface area contributed by atoms with Crippen molar-refractivity contribution in [3.63, 3.8) is 0 Å². The summed E-state index contributed by atoms with van der Waals surface area (Å²) in [6.07, 6.45) is -2.55. The summed E-state index contributed by atoms with van der Waals surface area (Å²) in [5.41, 5.74) is -0.745. The van der Waals surface area contributed by atoms with Crippen molar-refractivity contribution in [3.8, 4) is 0 Å². The number of nitrogens with zero attached hydrogens (tertiary/aromatic N) is 1. The molecule has 0 saturated carbocycles. The quantitative estimate of drug-likeness (QED) is 0.307. The van der Waals surface area contributed by atoms with Gasteiger partial charge < -0.3 is 30.0 Å². The molecule has 0 spiro atoms. The van der Waals surface area contributed by atoms with E-state index in [0.29, 0.717) is 0 Å². The van der Waals surface area contributed by atoms with Crippen LogP contribution in [0.3, 0.4) is 0 Å². The third-order valence-corrected chi connectivity index (χ3v) is 7.15. The molecule has 0 aliphatic carbocycles. The number of thioether (sulfide) groups is 1. The number of aliphatic carboxylic acids is 1. The van der Waals surface area contributed by atoms with E-state index in [1.165, 1.54) is 25.6 Å². The number of alkyl carbamates (subject to hydrolysis) is 1. The molecule has 2 N–H and O–H groups in total. The fourth-order valence-electron chi connectivity index (χ4n) is 3.92. The number of Topliss-reactive ketones (excluding diaryl/α,β-unsaturated/α-hetero) is 1. The average Bonchev–Trinajstić information content (AvgIpc) is 2.93. The molecule has 0 aromatic heterocycles. The van der Waals surface area contributed by atoms with E-state index in [0.717, 1.165) is 10.5 Å². The number of ketones is 1. The van der Waals surface area contributed by atoms with Gasteiger partial charge in [0.2, 0.25) is 5.91 Å². The molecular formula is C21H25KN2O7S. The van der Waals surface area contributed by atoms with Crippen LogP contribution in [0.5, 0.6) is 0 Å². The number of carboxylic acid groups (broad SMARTS) is 1. The van der Waals surface area contributed by atoms with Crippen LogP contribution in [-0.2, 0) is 25.7 Å². The summed E-state index contributed by atoms with van der Waals surface area (Å²) in [6, 6.07) is 7.84. The first-order valence-corrected chi connectivity index (χ1v) is 10.7. The van der Waals surface area contributed by atoms with E-state index in [9.17, 15) is 29.4 Å². The minimum Gasteiger partial charge on any atom is -0.548 e. The molecule has 4 atom stereocenters. The van der Waals surface area contributed by atoms with Gasteiger partial charge in [-0.1, -0.05) is 30.3 Å².